The summed E-state index contributed by atoms with van der Waals surface area (Å²) in [6.45, 7) is 3.88. The second-order valence-corrected chi connectivity index (χ2v) is 8.46. The van der Waals surface area contributed by atoms with Crippen LogP contribution in [-0.4, -0.2) is 63.3 Å². The molecule has 1 saturated heterocycles. The summed E-state index contributed by atoms with van der Waals surface area (Å²) in [6.07, 6.45) is 3.06. The molecule has 0 amide bonds. The van der Waals surface area contributed by atoms with Crippen molar-refractivity contribution in [1.29, 1.82) is 0 Å². The molecule has 0 radical (unpaired) electrons. The van der Waals surface area contributed by atoms with E-state index in [1.165, 1.54) is 6.42 Å². The van der Waals surface area contributed by atoms with Gasteiger partial charge in [-0.05, 0) is 24.7 Å². The summed E-state index contributed by atoms with van der Waals surface area (Å²) in [7, 11) is 0. The molecule has 0 aromatic carbocycles. The lowest BCUT2D eigenvalue weighted by Crippen LogP contribution is -2.61. The normalized spacial score (nSPS) is 40.3. The van der Waals surface area contributed by atoms with E-state index in [4.69, 9.17) is 4.74 Å². The molecule has 2 rings (SSSR count). The van der Waals surface area contributed by atoms with Crippen molar-refractivity contribution in [3.63, 3.8) is 0 Å². The maximum absolute atomic E-state index is 12.9. The van der Waals surface area contributed by atoms with Gasteiger partial charge in [-0.3, -0.25) is 4.79 Å². The maximum Gasteiger partial charge on any atom is 0.138 e. The van der Waals surface area contributed by atoms with Gasteiger partial charge in [0.25, 0.3) is 0 Å². The van der Waals surface area contributed by atoms with Crippen LogP contribution in [0, 0.1) is 17.8 Å². The molecule has 27 heavy (non-hydrogen) atoms. The zero-order valence-corrected chi connectivity index (χ0v) is 16.8. The van der Waals surface area contributed by atoms with Crippen molar-refractivity contribution in [1.82, 2.24) is 0 Å². The minimum absolute atomic E-state index is 0.0774. The van der Waals surface area contributed by atoms with Gasteiger partial charge < -0.3 is 25.2 Å². The molecule has 158 valence electrons. The van der Waals surface area contributed by atoms with Gasteiger partial charge >= 0.3 is 0 Å². The van der Waals surface area contributed by atoms with E-state index >= 15 is 0 Å². The predicted octanol–water partition coefficient (Wildman–Crippen LogP) is 1.81. The van der Waals surface area contributed by atoms with E-state index in [0.717, 1.165) is 38.5 Å². The quantitative estimate of drug-likeness (QED) is 0.450. The molecule has 0 bridgehead atoms. The molecule has 2 fully saturated rings. The van der Waals surface area contributed by atoms with Crippen molar-refractivity contribution >= 4 is 5.78 Å². The molecular formula is C21H38O6. The number of Topliss-reactive ketones (excluding diaryl/α,β-unsaturated/α-hetero) is 1. The highest BCUT2D eigenvalue weighted by Crippen LogP contribution is 2.41. The number of rotatable bonds is 9. The van der Waals surface area contributed by atoms with Gasteiger partial charge in [-0.2, -0.15) is 0 Å². The summed E-state index contributed by atoms with van der Waals surface area (Å²) in [5.41, 5.74) is 0. The van der Waals surface area contributed by atoms with E-state index in [1.807, 2.05) is 0 Å². The van der Waals surface area contributed by atoms with Gasteiger partial charge in [-0.15, -0.1) is 0 Å². The number of aliphatic hydroxyl groups is 4. The zero-order valence-electron chi connectivity index (χ0n) is 16.8. The van der Waals surface area contributed by atoms with Crippen LogP contribution in [0.15, 0.2) is 0 Å². The summed E-state index contributed by atoms with van der Waals surface area (Å²) < 4.78 is 5.70. The van der Waals surface area contributed by atoms with Crippen LogP contribution in [0.25, 0.3) is 0 Å². The Hall–Kier alpha value is -0.530. The van der Waals surface area contributed by atoms with Gasteiger partial charge in [0, 0.05) is 12.3 Å². The Morgan fingerprint density at radius 3 is 2.22 bits per heavy atom. The van der Waals surface area contributed by atoms with Crippen LogP contribution in [-0.2, 0) is 9.53 Å². The first-order chi connectivity index (χ1) is 12.9. The van der Waals surface area contributed by atoms with Crippen molar-refractivity contribution in [3.8, 4) is 0 Å². The Morgan fingerprint density at radius 2 is 1.59 bits per heavy atom. The fourth-order valence-electron chi connectivity index (χ4n) is 4.82. The third kappa shape index (κ3) is 5.51. The Morgan fingerprint density at radius 1 is 0.926 bits per heavy atom. The van der Waals surface area contributed by atoms with Gasteiger partial charge in [-0.25, -0.2) is 0 Å². The van der Waals surface area contributed by atoms with Gasteiger partial charge in [0.15, 0.2) is 0 Å². The van der Waals surface area contributed by atoms with Crippen molar-refractivity contribution in [2.75, 3.05) is 6.61 Å². The fraction of sp³-hybridized carbons (Fsp3) is 0.952. The molecule has 8 atom stereocenters. The molecule has 1 saturated carbocycles. The van der Waals surface area contributed by atoms with Crippen LogP contribution in [0.1, 0.15) is 71.6 Å². The molecule has 2 aliphatic rings. The fourth-order valence-corrected chi connectivity index (χ4v) is 4.82. The monoisotopic (exact) mass is 386 g/mol. The lowest BCUT2D eigenvalue weighted by Gasteiger charge is -2.46. The lowest BCUT2D eigenvalue weighted by atomic mass is 9.67. The molecule has 1 aliphatic heterocycles. The van der Waals surface area contributed by atoms with Crippen LogP contribution in [0.5, 0.6) is 0 Å². The number of ether oxygens (including phenoxy) is 1. The summed E-state index contributed by atoms with van der Waals surface area (Å²) >= 11 is 0. The Bertz CT molecular complexity index is 454. The summed E-state index contributed by atoms with van der Waals surface area (Å²) in [5.74, 6) is 0.391. The molecule has 0 spiro atoms. The molecule has 6 heteroatoms. The molecule has 1 aliphatic carbocycles. The molecule has 4 N–H and O–H groups in total. The average molecular weight is 387 g/mol. The van der Waals surface area contributed by atoms with Crippen LogP contribution in [0.3, 0.4) is 0 Å². The van der Waals surface area contributed by atoms with E-state index in [-0.39, 0.29) is 5.78 Å². The minimum atomic E-state index is -1.41. The number of hydrogen-bond donors (Lipinski definition) is 4. The smallest absolute Gasteiger partial charge is 0.138 e. The van der Waals surface area contributed by atoms with Crippen LogP contribution in [0.2, 0.25) is 0 Å². The number of aliphatic hydroxyl groups excluding tert-OH is 4. The molecule has 0 aromatic heterocycles. The summed E-state index contributed by atoms with van der Waals surface area (Å²) in [5, 5.41) is 39.9. The van der Waals surface area contributed by atoms with Crippen molar-refractivity contribution in [2.24, 2.45) is 17.8 Å². The topological polar surface area (TPSA) is 107 Å². The highest BCUT2D eigenvalue weighted by molar-refractivity contribution is 5.82. The number of carbonyl (C=O) groups excluding carboxylic acids is 1. The first kappa shape index (κ1) is 22.8. The molecule has 1 heterocycles. The number of carbonyl (C=O) groups is 1. The van der Waals surface area contributed by atoms with Crippen LogP contribution in [0.4, 0.5) is 0 Å². The van der Waals surface area contributed by atoms with E-state index < -0.39 is 43.0 Å². The lowest BCUT2D eigenvalue weighted by molar-refractivity contribution is -0.242. The van der Waals surface area contributed by atoms with E-state index in [0.29, 0.717) is 24.7 Å². The Balaban J connectivity index is 2.10. The number of ketones is 1. The molecule has 0 aromatic rings. The molecule has 5 unspecified atom stereocenters. The maximum atomic E-state index is 12.9. The first-order valence-corrected chi connectivity index (χ1v) is 10.8. The SMILES string of the molecule is CCCCC[C@@H]1CC(=O)[C@H](C2OC(CO)C(O)C(O)C2O)C[C@H]1CCCC. The number of hydrogen-bond acceptors (Lipinski definition) is 6. The number of unbranched alkanes of at least 4 members (excludes halogenated alkanes) is 3. The largest absolute Gasteiger partial charge is 0.394 e. The predicted molar refractivity (Wildman–Crippen MR) is 102 cm³/mol. The summed E-state index contributed by atoms with van der Waals surface area (Å²) in [6, 6.07) is 0. The highest BCUT2D eigenvalue weighted by atomic mass is 16.5. The van der Waals surface area contributed by atoms with Crippen LogP contribution >= 0.6 is 0 Å². The Labute approximate surface area is 162 Å². The standard InChI is InChI=1S/C21H38O6/c1-3-5-7-9-14-11-16(23)15(10-13(14)8-6-4-2)21-20(26)19(25)18(24)17(12-22)27-21/h13-15,17-22,24-26H,3-12H2,1-2H3/t13-,14-,15-,17?,18?,19?,20?,21?/m1/s1. The average Bonchev–Trinajstić information content (AvgIpc) is 2.66. The van der Waals surface area contributed by atoms with Gasteiger partial charge in [0.2, 0.25) is 0 Å². The second kappa shape index (κ2) is 10.9. The second-order valence-electron chi connectivity index (χ2n) is 8.46. The van der Waals surface area contributed by atoms with Gasteiger partial charge in [0.05, 0.1) is 12.7 Å². The van der Waals surface area contributed by atoms with E-state index in [1.54, 1.807) is 0 Å². The van der Waals surface area contributed by atoms with Crippen molar-refractivity contribution in [2.45, 2.75) is 102 Å². The van der Waals surface area contributed by atoms with Gasteiger partial charge in [-0.1, -0.05) is 52.4 Å². The minimum Gasteiger partial charge on any atom is -0.394 e. The zero-order chi connectivity index (χ0) is 20.0. The van der Waals surface area contributed by atoms with Crippen molar-refractivity contribution < 1.29 is 30.0 Å². The highest BCUT2D eigenvalue weighted by Gasteiger charge is 2.50. The first-order valence-electron chi connectivity index (χ1n) is 10.8. The van der Waals surface area contributed by atoms with E-state index in [2.05, 4.69) is 13.8 Å². The third-order valence-corrected chi connectivity index (χ3v) is 6.53. The Kier molecular flexibility index (Phi) is 9.16. The molecular weight excluding hydrogens is 348 g/mol. The van der Waals surface area contributed by atoms with Crippen molar-refractivity contribution in [3.05, 3.63) is 0 Å². The molecule has 6 nitrogen and oxygen atoms in total. The third-order valence-electron chi connectivity index (χ3n) is 6.53. The van der Waals surface area contributed by atoms with Crippen LogP contribution < -0.4 is 0 Å². The van der Waals surface area contributed by atoms with E-state index in [9.17, 15) is 25.2 Å². The van der Waals surface area contributed by atoms with Gasteiger partial charge in [0.1, 0.15) is 30.2 Å². The summed E-state index contributed by atoms with van der Waals surface area (Å²) in [4.78, 5) is 12.9.